The molecule has 0 aliphatic heterocycles. The van der Waals surface area contributed by atoms with Gasteiger partial charge in [-0.2, -0.15) is 5.26 Å². The zero-order valence-electron chi connectivity index (χ0n) is 8.54. The van der Waals surface area contributed by atoms with Crippen LogP contribution in [0, 0.1) is 23.7 Å². The Bertz CT molecular complexity index is 312. The molecule has 2 N–H and O–H groups in total. The molecule has 0 aromatic heterocycles. The molecule has 0 aromatic rings. The average molecular weight is 207 g/mol. The molecule has 0 radical (unpaired) electrons. The molecule has 0 rings (SSSR count). The zero-order chi connectivity index (χ0) is 11.7. The second-order valence-electron chi connectivity index (χ2n) is 2.83. The molecule has 80 valence electrons. The van der Waals surface area contributed by atoms with Crippen LogP contribution in [-0.4, -0.2) is 24.4 Å². The fourth-order valence-corrected chi connectivity index (χ4v) is 0.891. The summed E-state index contributed by atoms with van der Waals surface area (Å²) in [4.78, 5) is 22.2. The van der Waals surface area contributed by atoms with Gasteiger partial charge in [-0.25, -0.2) is 0 Å². The average Bonchev–Trinajstić information content (AvgIpc) is 2.24. The van der Waals surface area contributed by atoms with Gasteiger partial charge in [-0.15, -0.1) is 12.3 Å². The van der Waals surface area contributed by atoms with Crippen molar-refractivity contribution in [1.29, 1.82) is 5.26 Å². The molecule has 2 amide bonds. The van der Waals surface area contributed by atoms with E-state index in [2.05, 4.69) is 16.6 Å². The highest BCUT2D eigenvalue weighted by Gasteiger charge is 2.16. The normalized spacial score (nSPS) is 10.6. The molecule has 15 heavy (non-hydrogen) atoms. The number of hydrogen-bond donors (Lipinski definition) is 2. The second-order valence-corrected chi connectivity index (χ2v) is 2.83. The van der Waals surface area contributed by atoms with Crippen LogP contribution in [0.2, 0.25) is 0 Å². The third-order valence-corrected chi connectivity index (χ3v) is 1.73. The summed E-state index contributed by atoms with van der Waals surface area (Å²) < 4.78 is 0. The Morgan fingerprint density at radius 2 is 2.13 bits per heavy atom. The number of nitriles is 1. The summed E-state index contributed by atoms with van der Waals surface area (Å²) in [7, 11) is 0. The molecule has 0 saturated heterocycles. The molecule has 0 fully saturated rings. The van der Waals surface area contributed by atoms with Gasteiger partial charge < -0.3 is 10.6 Å². The molecule has 0 heterocycles. The van der Waals surface area contributed by atoms with Crippen LogP contribution in [0.15, 0.2) is 0 Å². The van der Waals surface area contributed by atoms with Crippen LogP contribution >= 0.6 is 0 Å². The maximum atomic E-state index is 11.2. The van der Waals surface area contributed by atoms with Crippen molar-refractivity contribution in [2.75, 3.05) is 6.54 Å². The number of nitrogens with one attached hydrogen (secondary N) is 2. The van der Waals surface area contributed by atoms with Crippen LogP contribution < -0.4 is 10.6 Å². The number of rotatable bonds is 4. The highest BCUT2D eigenvalue weighted by atomic mass is 16.2. The van der Waals surface area contributed by atoms with Crippen LogP contribution in [0.3, 0.4) is 0 Å². The molecule has 0 bridgehead atoms. The number of carbonyl (C=O) groups is 2. The van der Waals surface area contributed by atoms with E-state index in [1.165, 1.54) is 0 Å². The summed E-state index contributed by atoms with van der Waals surface area (Å²) in [6, 6.07) is 1.50. The van der Waals surface area contributed by atoms with E-state index in [-0.39, 0.29) is 12.6 Å². The first-order valence-electron chi connectivity index (χ1n) is 4.54. The predicted octanol–water partition coefficient (Wildman–Crippen LogP) is -0.456. The molecule has 0 saturated carbocycles. The van der Waals surface area contributed by atoms with Gasteiger partial charge in [0.15, 0.2) is 0 Å². The first-order chi connectivity index (χ1) is 7.15. The van der Waals surface area contributed by atoms with Gasteiger partial charge in [0.05, 0.1) is 6.07 Å². The van der Waals surface area contributed by atoms with E-state index in [1.807, 2.05) is 6.92 Å². The zero-order valence-corrected chi connectivity index (χ0v) is 8.54. The lowest BCUT2D eigenvalue weighted by molar-refractivity contribution is -0.139. The van der Waals surface area contributed by atoms with Gasteiger partial charge >= 0.3 is 11.8 Å². The number of terminal acetylenes is 1. The van der Waals surface area contributed by atoms with Crippen LogP contribution in [0.4, 0.5) is 0 Å². The van der Waals surface area contributed by atoms with E-state index in [9.17, 15) is 9.59 Å². The molecule has 1 atom stereocenters. The number of hydrogen-bond acceptors (Lipinski definition) is 3. The van der Waals surface area contributed by atoms with Gasteiger partial charge in [0.25, 0.3) is 0 Å². The molecule has 0 spiro atoms. The van der Waals surface area contributed by atoms with E-state index in [4.69, 9.17) is 11.7 Å². The van der Waals surface area contributed by atoms with Gasteiger partial charge in [-0.3, -0.25) is 9.59 Å². The quantitative estimate of drug-likeness (QED) is 0.372. The Hall–Kier alpha value is -2.01. The summed E-state index contributed by atoms with van der Waals surface area (Å²) in [5, 5.41) is 12.8. The topological polar surface area (TPSA) is 82.0 Å². The Balaban J connectivity index is 4.06. The van der Waals surface area contributed by atoms with E-state index in [0.29, 0.717) is 12.8 Å². The van der Waals surface area contributed by atoms with Crippen molar-refractivity contribution in [3.63, 3.8) is 0 Å². The minimum atomic E-state index is -0.813. The minimum absolute atomic E-state index is 0.182. The maximum absolute atomic E-state index is 11.2. The SMILES string of the molecule is C#CCC(CC)NC(=O)C(=O)NCC#N. The van der Waals surface area contributed by atoms with E-state index >= 15 is 0 Å². The van der Waals surface area contributed by atoms with E-state index in [0.717, 1.165) is 0 Å². The monoisotopic (exact) mass is 207 g/mol. The van der Waals surface area contributed by atoms with Crippen LogP contribution in [0.5, 0.6) is 0 Å². The number of nitrogens with zero attached hydrogens (tertiary/aromatic N) is 1. The van der Waals surface area contributed by atoms with Crippen molar-refractivity contribution in [3.8, 4) is 18.4 Å². The summed E-state index contributed by atoms with van der Waals surface area (Å²) >= 11 is 0. The first-order valence-corrected chi connectivity index (χ1v) is 4.54. The molecule has 0 aromatic carbocycles. The van der Waals surface area contributed by atoms with Crippen LogP contribution in [0.25, 0.3) is 0 Å². The van der Waals surface area contributed by atoms with Gasteiger partial charge in [0, 0.05) is 12.5 Å². The largest absolute Gasteiger partial charge is 0.344 e. The summed E-state index contributed by atoms with van der Waals surface area (Å²) in [5.74, 6) is 0.837. The third kappa shape index (κ3) is 5.33. The highest BCUT2D eigenvalue weighted by Crippen LogP contribution is 1.95. The third-order valence-electron chi connectivity index (χ3n) is 1.73. The standard InChI is InChI=1S/C10H13N3O2/c1-3-5-8(4-2)13-10(15)9(14)12-7-6-11/h1,8H,4-5,7H2,2H3,(H,12,14)(H,13,15). The van der Waals surface area contributed by atoms with Crippen LogP contribution in [-0.2, 0) is 9.59 Å². The Labute approximate surface area is 88.8 Å². The Kier molecular flexibility index (Phi) is 6.41. The number of carbonyl (C=O) groups excluding carboxylic acids is 2. The first kappa shape index (κ1) is 13.0. The van der Waals surface area contributed by atoms with Gasteiger partial charge in [0.2, 0.25) is 0 Å². The fourth-order valence-electron chi connectivity index (χ4n) is 0.891. The lowest BCUT2D eigenvalue weighted by atomic mass is 10.1. The van der Waals surface area contributed by atoms with E-state index in [1.54, 1.807) is 6.07 Å². The van der Waals surface area contributed by atoms with Crippen LogP contribution in [0.1, 0.15) is 19.8 Å². The predicted molar refractivity (Wildman–Crippen MR) is 54.3 cm³/mol. The van der Waals surface area contributed by atoms with E-state index < -0.39 is 11.8 Å². The van der Waals surface area contributed by atoms with Crippen molar-refractivity contribution >= 4 is 11.8 Å². The fraction of sp³-hybridized carbons (Fsp3) is 0.500. The van der Waals surface area contributed by atoms with Gasteiger partial charge in [-0.1, -0.05) is 6.92 Å². The van der Waals surface area contributed by atoms with Crippen molar-refractivity contribution in [1.82, 2.24) is 10.6 Å². The second kappa shape index (κ2) is 7.40. The summed E-state index contributed by atoms with van der Waals surface area (Å²) in [6.45, 7) is 1.67. The Morgan fingerprint density at radius 1 is 1.47 bits per heavy atom. The molecule has 0 aliphatic rings. The van der Waals surface area contributed by atoms with Gasteiger partial charge in [0.1, 0.15) is 6.54 Å². The molecule has 1 unspecified atom stereocenters. The number of amides is 2. The van der Waals surface area contributed by atoms with Crippen molar-refractivity contribution in [2.24, 2.45) is 0 Å². The lowest BCUT2D eigenvalue weighted by Gasteiger charge is -2.13. The maximum Gasteiger partial charge on any atom is 0.310 e. The molecule has 0 aliphatic carbocycles. The van der Waals surface area contributed by atoms with Crippen molar-refractivity contribution in [2.45, 2.75) is 25.8 Å². The smallest absolute Gasteiger partial charge is 0.310 e. The minimum Gasteiger partial charge on any atom is -0.344 e. The molecule has 5 heteroatoms. The summed E-state index contributed by atoms with van der Waals surface area (Å²) in [6.07, 6.45) is 6.13. The summed E-state index contributed by atoms with van der Waals surface area (Å²) in [5.41, 5.74) is 0. The lowest BCUT2D eigenvalue weighted by Crippen LogP contribution is -2.44. The van der Waals surface area contributed by atoms with Gasteiger partial charge in [-0.05, 0) is 6.42 Å². The molecular formula is C10H13N3O2. The molecule has 5 nitrogen and oxygen atoms in total. The van der Waals surface area contributed by atoms with Crippen molar-refractivity contribution in [3.05, 3.63) is 0 Å². The molecular weight excluding hydrogens is 194 g/mol. The van der Waals surface area contributed by atoms with Crippen molar-refractivity contribution < 1.29 is 9.59 Å². The highest BCUT2D eigenvalue weighted by molar-refractivity contribution is 6.35. The Morgan fingerprint density at radius 3 is 2.60 bits per heavy atom.